The fourth-order valence-corrected chi connectivity index (χ4v) is 3.92. The first-order valence-electron chi connectivity index (χ1n) is 7.34. The van der Waals surface area contributed by atoms with Crippen LogP contribution >= 0.6 is 15.9 Å². The van der Waals surface area contributed by atoms with E-state index in [0.717, 1.165) is 24.1 Å². The molecule has 2 aliphatic rings. The zero-order valence-electron chi connectivity index (χ0n) is 11.5. The standard InChI is InChI=1S/C16H20BrNO2/c17-15-3-1-2-11(6-15)8-18-16(19)12-4-5-13-9-20-10-14(13)7-12/h4-5,7,11,15H,1-3,6,8-10H2,(H,18,19). The Bertz CT molecular complexity index is 503. The molecule has 1 aliphatic carbocycles. The third-order valence-corrected chi connectivity index (χ3v) is 5.09. The van der Waals surface area contributed by atoms with Gasteiger partial charge in [0.15, 0.2) is 0 Å². The number of amides is 1. The number of rotatable bonds is 3. The molecule has 1 N–H and O–H groups in total. The van der Waals surface area contributed by atoms with Crippen LogP contribution in [0.25, 0.3) is 0 Å². The number of fused-ring (bicyclic) bond motifs is 1. The maximum Gasteiger partial charge on any atom is 0.251 e. The summed E-state index contributed by atoms with van der Waals surface area (Å²) in [5, 5.41) is 3.08. The van der Waals surface area contributed by atoms with E-state index < -0.39 is 0 Å². The third-order valence-electron chi connectivity index (χ3n) is 4.25. The van der Waals surface area contributed by atoms with E-state index in [1.54, 1.807) is 0 Å². The summed E-state index contributed by atoms with van der Waals surface area (Å²) in [6.45, 7) is 2.09. The number of halogens is 1. The normalized spacial score (nSPS) is 25.2. The van der Waals surface area contributed by atoms with Crippen LogP contribution in [0.4, 0.5) is 0 Å². The van der Waals surface area contributed by atoms with Gasteiger partial charge in [0, 0.05) is 16.9 Å². The van der Waals surface area contributed by atoms with E-state index >= 15 is 0 Å². The monoisotopic (exact) mass is 337 g/mol. The van der Waals surface area contributed by atoms with E-state index in [1.807, 2.05) is 18.2 Å². The first-order valence-corrected chi connectivity index (χ1v) is 8.26. The van der Waals surface area contributed by atoms with E-state index in [1.165, 1.54) is 24.8 Å². The van der Waals surface area contributed by atoms with Crippen LogP contribution in [0.15, 0.2) is 18.2 Å². The van der Waals surface area contributed by atoms with Gasteiger partial charge >= 0.3 is 0 Å². The predicted octanol–water partition coefficient (Wildman–Crippen LogP) is 3.40. The summed E-state index contributed by atoms with van der Waals surface area (Å²) in [4.78, 5) is 12.8. The summed E-state index contributed by atoms with van der Waals surface area (Å²) in [7, 11) is 0. The van der Waals surface area contributed by atoms with Crippen molar-refractivity contribution in [1.29, 1.82) is 0 Å². The van der Waals surface area contributed by atoms with Gasteiger partial charge in [-0.1, -0.05) is 28.4 Å². The number of benzene rings is 1. The third kappa shape index (κ3) is 3.23. The van der Waals surface area contributed by atoms with Crippen molar-refractivity contribution in [2.24, 2.45) is 5.92 Å². The Hall–Kier alpha value is -0.870. The van der Waals surface area contributed by atoms with Crippen molar-refractivity contribution < 1.29 is 9.53 Å². The molecule has 1 heterocycles. The Balaban J connectivity index is 1.56. The van der Waals surface area contributed by atoms with E-state index in [-0.39, 0.29) is 5.91 Å². The van der Waals surface area contributed by atoms with Gasteiger partial charge in [-0.2, -0.15) is 0 Å². The molecule has 1 saturated carbocycles. The van der Waals surface area contributed by atoms with Gasteiger partial charge in [-0.05, 0) is 48.4 Å². The van der Waals surface area contributed by atoms with Crippen molar-refractivity contribution >= 4 is 21.8 Å². The number of hydrogen-bond donors (Lipinski definition) is 1. The molecule has 3 rings (SSSR count). The zero-order valence-corrected chi connectivity index (χ0v) is 13.1. The first kappa shape index (κ1) is 14.1. The van der Waals surface area contributed by atoms with Crippen molar-refractivity contribution in [1.82, 2.24) is 5.32 Å². The van der Waals surface area contributed by atoms with Gasteiger partial charge in [0.05, 0.1) is 13.2 Å². The summed E-state index contributed by atoms with van der Waals surface area (Å²) in [5.74, 6) is 0.645. The average molecular weight is 338 g/mol. The SMILES string of the molecule is O=C(NCC1CCCC(Br)C1)c1ccc2c(c1)COC2. The second-order valence-corrected chi connectivity index (χ2v) is 7.11. The number of carbonyl (C=O) groups excluding carboxylic acids is 1. The highest BCUT2D eigenvalue weighted by atomic mass is 79.9. The zero-order chi connectivity index (χ0) is 13.9. The molecule has 0 aromatic heterocycles. The largest absolute Gasteiger partial charge is 0.372 e. The van der Waals surface area contributed by atoms with Crippen LogP contribution in [-0.2, 0) is 18.0 Å². The van der Waals surface area contributed by atoms with Crippen LogP contribution in [-0.4, -0.2) is 17.3 Å². The maximum absolute atomic E-state index is 12.2. The lowest BCUT2D eigenvalue weighted by Gasteiger charge is -2.25. The van der Waals surface area contributed by atoms with Gasteiger partial charge in [-0.3, -0.25) is 4.79 Å². The topological polar surface area (TPSA) is 38.3 Å². The van der Waals surface area contributed by atoms with Crippen LogP contribution in [0.1, 0.15) is 47.2 Å². The Kier molecular flexibility index (Phi) is 4.41. The molecular weight excluding hydrogens is 318 g/mol. The molecule has 4 heteroatoms. The van der Waals surface area contributed by atoms with Gasteiger partial charge in [0.1, 0.15) is 0 Å². The molecule has 0 radical (unpaired) electrons. The average Bonchev–Trinajstić information content (AvgIpc) is 2.92. The Morgan fingerprint density at radius 2 is 2.15 bits per heavy atom. The highest BCUT2D eigenvalue weighted by Crippen LogP contribution is 2.28. The minimum atomic E-state index is 0.0383. The number of hydrogen-bond acceptors (Lipinski definition) is 2. The molecule has 3 nitrogen and oxygen atoms in total. The van der Waals surface area contributed by atoms with E-state index in [4.69, 9.17) is 4.74 Å². The molecule has 1 amide bonds. The van der Waals surface area contributed by atoms with Crippen molar-refractivity contribution in [2.75, 3.05) is 6.54 Å². The van der Waals surface area contributed by atoms with Crippen LogP contribution in [0, 0.1) is 5.92 Å². The van der Waals surface area contributed by atoms with E-state index in [0.29, 0.717) is 24.0 Å². The van der Waals surface area contributed by atoms with E-state index in [2.05, 4.69) is 21.2 Å². The lowest BCUT2D eigenvalue weighted by atomic mass is 9.89. The molecule has 0 spiro atoms. The summed E-state index contributed by atoms with van der Waals surface area (Å²) < 4.78 is 5.38. The first-order chi connectivity index (χ1) is 9.72. The van der Waals surface area contributed by atoms with Gasteiger partial charge in [-0.25, -0.2) is 0 Å². The molecule has 2 atom stereocenters. The molecule has 2 unspecified atom stereocenters. The van der Waals surface area contributed by atoms with Crippen LogP contribution in [0.3, 0.4) is 0 Å². The molecular formula is C16H20BrNO2. The second kappa shape index (κ2) is 6.27. The van der Waals surface area contributed by atoms with Crippen molar-refractivity contribution in [3.8, 4) is 0 Å². The lowest BCUT2D eigenvalue weighted by molar-refractivity contribution is 0.0943. The quantitative estimate of drug-likeness (QED) is 0.858. The summed E-state index contributed by atoms with van der Waals surface area (Å²) in [6, 6.07) is 5.87. The number of nitrogens with one attached hydrogen (secondary N) is 1. The second-order valence-electron chi connectivity index (χ2n) is 5.82. The van der Waals surface area contributed by atoms with Crippen molar-refractivity contribution in [2.45, 2.75) is 43.7 Å². The number of carbonyl (C=O) groups is 1. The molecule has 108 valence electrons. The molecule has 1 aromatic rings. The Labute approximate surface area is 128 Å². The highest BCUT2D eigenvalue weighted by Gasteiger charge is 2.21. The van der Waals surface area contributed by atoms with Gasteiger partial charge in [0.2, 0.25) is 0 Å². The van der Waals surface area contributed by atoms with Crippen molar-refractivity contribution in [3.05, 3.63) is 34.9 Å². The number of alkyl halides is 1. The van der Waals surface area contributed by atoms with Gasteiger partial charge < -0.3 is 10.1 Å². The molecule has 1 fully saturated rings. The maximum atomic E-state index is 12.2. The molecule has 20 heavy (non-hydrogen) atoms. The van der Waals surface area contributed by atoms with Crippen molar-refractivity contribution in [3.63, 3.8) is 0 Å². The minimum Gasteiger partial charge on any atom is -0.372 e. The molecule has 1 aliphatic heterocycles. The summed E-state index contributed by atoms with van der Waals surface area (Å²) in [5.41, 5.74) is 3.10. The fourth-order valence-electron chi connectivity index (χ4n) is 3.06. The minimum absolute atomic E-state index is 0.0383. The van der Waals surface area contributed by atoms with Gasteiger partial charge in [-0.15, -0.1) is 0 Å². The smallest absolute Gasteiger partial charge is 0.251 e. The van der Waals surface area contributed by atoms with E-state index in [9.17, 15) is 4.79 Å². The summed E-state index contributed by atoms with van der Waals surface area (Å²) in [6.07, 6.45) is 4.90. The Morgan fingerprint density at radius 3 is 3.00 bits per heavy atom. The van der Waals surface area contributed by atoms with Crippen LogP contribution < -0.4 is 5.32 Å². The van der Waals surface area contributed by atoms with Gasteiger partial charge in [0.25, 0.3) is 5.91 Å². The fraction of sp³-hybridized carbons (Fsp3) is 0.562. The molecule has 0 saturated heterocycles. The Morgan fingerprint density at radius 1 is 1.30 bits per heavy atom. The summed E-state index contributed by atoms with van der Waals surface area (Å²) >= 11 is 3.69. The molecule has 0 bridgehead atoms. The highest BCUT2D eigenvalue weighted by molar-refractivity contribution is 9.09. The molecule has 1 aromatic carbocycles. The lowest BCUT2D eigenvalue weighted by Crippen LogP contribution is -2.32. The van der Waals surface area contributed by atoms with Crippen LogP contribution in [0.5, 0.6) is 0 Å². The predicted molar refractivity (Wildman–Crippen MR) is 81.9 cm³/mol. The number of ether oxygens (including phenoxy) is 1. The van der Waals surface area contributed by atoms with Crippen LogP contribution in [0.2, 0.25) is 0 Å².